The van der Waals surface area contributed by atoms with E-state index in [1.54, 1.807) is 6.07 Å². The van der Waals surface area contributed by atoms with Gasteiger partial charge in [-0.25, -0.2) is 9.59 Å². The lowest BCUT2D eigenvalue weighted by Gasteiger charge is -2.49. The molecule has 45 heavy (non-hydrogen) atoms. The van der Waals surface area contributed by atoms with Gasteiger partial charge in [-0.05, 0) is 24.1 Å². The summed E-state index contributed by atoms with van der Waals surface area (Å²) in [4.78, 5) is 69.4. The Balaban J connectivity index is 1.67. The lowest BCUT2D eigenvalue weighted by atomic mass is 10.0. The van der Waals surface area contributed by atoms with Crippen molar-refractivity contribution in [1.82, 2.24) is 10.2 Å². The number of hydrogen-bond acceptors (Lipinski definition) is 15. The second kappa shape index (κ2) is 16.4. The third kappa shape index (κ3) is 9.03. The summed E-state index contributed by atoms with van der Waals surface area (Å²) in [6.07, 6.45) is -0.958. The van der Waals surface area contributed by atoms with Crippen molar-refractivity contribution in [3.8, 4) is 0 Å². The molecule has 18 heteroatoms. The van der Waals surface area contributed by atoms with Gasteiger partial charge in [0.1, 0.15) is 30.8 Å². The molecule has 2 aliphatic rings. The molecule has 2 aliphatic heterocycles. The Morgan fingerprint density at radius 1 is 1.13 bits per heavy atom. The lowest BCUT2D eigenvalue weighted by Crippen LogP contribution is -2.71. The number of esters is 1. The van der Waals surface area contributed by atoms with Crippen LogP contribution in [0.5, 0.6) is 0 Å². The molecule has 0 bridgehead atoms. The van der Waals surface area contributed by atoms with Crippen molar-refractivity contribution in [2.75, 3.05) is 39.8 Å². The molecular weight excluding hydrogens is 638 g/mol. The van der Waals surface area contributed by atoms with Crippen LogP contribution in [0.3, 0.4) is 0 Å². The van der Waals surface area contributed by atoms with Gasteiger partial charge in [-0.3, -0.25) is 23.5 Å². The summed E-state index contributed by atoms with van der Waals surface area (Å²) in [5.74, 6) is -3.77. The first kappa shape index (κ1) is 35.5. The molecule has 1 aromatic carbocycles. The second-order valence-electron chi connectivity index (χ2n) is 9.36. The normalized spacial score (nSPS) is 18.7. The number of fused-ring (bicyclic) bond motifs is 1. The van der Waals surface area contributed by atoms with Gasteiger partial charge in [0, 0.05) is 19.8 Å². The molecule has 1 saturated heterocycles. The smallest absolute Gasteiger partial charge is 0.434 e. The maximum absolute atomic E-state index is 13.2. The number of β-lactam (4-membered cyclic amide) rings is 1. The summed E-state index contributed by atoms with van der Waals surface area (Å²) >= 11 is 1.20. The van der Waals surface area contributed by atoms with Crippen LogP contribution in [0, 0.1) is 0 Å². The van der Waals surface area contributed by atoms with E-state index in [0.717, 1.165) is 18.4 Å². The fraction of sp³-hybridized carbons (Fsp3) is 0.481. The molecule has 0 aromatic heterocycles. The highest BCUT2D eigenvalue weighted by molar-refractivity contribution is 8.00. The Hall–Kier alpha value is -4.00. The average Bonchev–Trinajstić information content (AvgIpc) is 3.01. The number of oxime groups is 1. The van der Waals surface area contributed by atoms with Crippen molar-refractivity contribution < 1.29 is 60.4 Å². The van der Waals surface area contributed by atoms with Gasteiger partial charge < -0.3 is 29.1 Å². The third-order valence-corrected chi connectivity index (χ3v) is 8.75. The minimum Gasteiger partial charge on any atom is -0.434 e. The summed E-state index contributed by atoms with van der Waals surface area (Å²) in [6.45, 7) is 2.26. The van der Waals surface area contributed by atoms with Crippen LogP contribution in [0.25, 0.3) is 0 Å². The minimum atomic E-state index is -4.32. The van der Waals surface area contributed by atoms with E-state index in [4.69, 9.17) is 23.1 Å². The summed E-state index contributed by atoms with van der Waals surface area (Å²) in [7, 11) is -1.86. The highest BCUT2D eigenvalue weighted by atomic mass is 32.2. The number of unbranched alkanes of at least 4 members (excludes halogenated alkanes) is 1. The Morgan fingerprint density at radius 2 is 1.84 bits per heavy atom. The fourth-order valence-electron chi connectivity index (χ4n) is 4.03. The molecule has 2 unspecified atom stereocenters. The van der Waals surface area contributed by atoms with Crippen molar-refractivity contribution in [1.29, 1.82) is 0 Å². The van der Waals surface area contributed by atoms with Crippen LogP contribution in [0.2, 0.25) is 0 Å². The monoisotopic (exact) mass is 671 g/mol. The summed E-state index contributed by atoms with van der Waals surface area (Å²) in [5, 5.41) is 4.97. The highest BCUT2D eigenvalue weighted by Crippen LogP contribution is 2.40. The molecule has 0 saturated carbocycles. The third-order valence-electron chi connectivity index (χ3n) is 6.14. The van der Waals surface area contributed by atoms with E-state index in [0.29, 0.717) is 12.0 Å². The minimum absolute atomic E-state index is 0.0235. The molecule has 1 aromatic rings. The molecule has 0 spiro atoms. The van der Waals surface area contributed by atoms with Crippen molar-refractivity contribution in [2.45, 2.75) is 49.3 Å². The summed E-state index contributed by atoms with van der Waals surface area (Å²) in [6, 6.07) is 5.83. The van der Waals surface area contributed by atoms with Gasteiger partial charge in [-0.2, -0.15) is 8.42 Å². The zero-order valence-corrected chi connectivity index (χ0v) is 26.5. The lowest BCUT2D eigenvalue weighted by molar-refractivity contribution is -0.169. The number of thioether (sulfide) groups is 1. The standard InChI is InChI=1S/C27H33N3O13S2/c1-5-6-12-40-27(35)43-16(2)42-26(34)22-17(13-38-3)15-44-25-21(24(33)30(22)25)28-23(32)20(29-39-4)19(31)14-41-45(36,37)18-10-8-7-9-11-18/h7-11,16,21,25H,5-6,12-15H2,1-4H3,(H,28,32)/t16?,21?,25-/m1/s1. The number of ether oxygens (including phenoxy) is 4. The quantitative estimate of drug-likeness (QED) is 0.0382. The zero-order chi connectivity index (χ0) is 33.1. The van der Waals surface area contributed by atoms with Gasteiger partial charge in [0.15, 0.2) is 0 Å². The predicted octanol–water partition coefficient (Wildman–Crippen LogP) is 1.11. The van der Waals surface area contributed by atoms with Gasteiger partial charge >= 0.3 is 12.1 Å². The van der Waals surface area contributed by atoms with Crippen LogP contribution < -0.4 is 5.32 Å². The number of methoxy groups -OCH3 is 1. The molecule has 1 fully saturated rings. The number of hydrogen-bond donors (Lipinski definition) is 1. The molecule has 0 aliphatic carbocycles. The number of carbonyl (C=O) groups excluding carboxylic acids is 5. The molecule has 2 heterocycles. The molecule has 3 atom stereocenters. The first-order chi connectivity index (χ1) is 21.4. The van der Waals surface area contributed by atoms with Crippen LogP contribution in [-0.4, -0.2) is 106 Å². The number of carbonyl (C=O) groups is 5. The van der Waals surface area contributed by atoms with Crippen molar-refractivity contribution in [3.05, 3.63) is 41.6 Å². The van der Waals surface area contributed by atoms with E-state index in [2.05, 4.69) is 15.3 Å². The van der Waals surface area contributed by atoms with Crippen LogP contribution in [-0.2, 0) is 57.3 Å². The van der Waals surface area contributed by atoms with E-state index < -0.39 is 69.9 Å². The summed E-state index contributed by atoms with van der Waals surface area (Å²) in [5.41, 5.74) is -0.583. The fourth-order valence-corrected chi connectivity index (χ4v) is 6.25. The maximum atomic E-state index is 13.2. The number of ketones is 1. The van der Waals surface area contributed by atoms with Crippen LogP contribution in [0.1, 0.15) is 26.7 Å². The number of Topliss-reactive ketones (excluding diaryl/α,β-unsaturated/α-hetero) is 1. The Kier molecular flexibility index (Phi) is 12.9. The largest absolute Gasteiger partial charge is 0.511 e. The SMILES string of the molecule is CCCCOC(=O)OC(C)OC(=O)C1=C(COC)CS[C@@H]2C(NC(=O)C(=NOC)C(=O)COS(=O)(=O)c3ccccc3)C(=O)N12. The Labute approximate surface area is 263 Å². The van der Waals surface area contributed by atoms with E-state index in [9.17, 15) is 32.4 Å². The molecular formula is C27H33N3O13S2. The molecule has 0 radical (unpaired) electrons. The van der Waals surface area contributed by atoms with Crippen LogP contribution in [0.4, 0.5) is 4.79 Å². The zero-order valence-electron chi connectivity index (χ0n) is 24.9. The number of amides is 2. The van der Waals surface area contributed by atoms with Gasteiger partial charge in [-0.15, -0.1) is 11.8 Å². The first-order valence-corrected chi connectivity index (χ1v) is 16.0. The van der Waals surface area contributed by atoms with Crippen LogP contribution in [0.15, 0.2) is 51.7 Å². The maximum Gasteiger partial charge on any atom is 0.511 e. The van der Waals surface area contributed by atoms with Gasteiger partial charge in [0.05, 0.1) is 18.1 Å². The van der Waals surface area contributed by atoms with Gasteiger partial charge in [0.25, 0.3) is 21.9 Å². The van der Waals surface area contributed by atoms with Crippen molar-refractivity contribution >= 4 is 57.3 Å². The van der Waals surface area contributed by atoms with E-state index >= 15 is 0 Å². The molecule has 3 rings (SSSR count). The number of nitrogens with zero attached hydrogens (tertiary/aromatic N) is 2. The Bertz CT molecular complexity index is 1450. The number of benzene rings is 1. The molecule has 2 amide bonds. The van der Waals surface area contributed by atoms with Gasteiger partial charge in [0.2, 0.25) is 17.8 Å². The van der Waals surface area contributed by atoms with Gasteiger partial charge in [-0.1, -0.05) is 36.7 Å². The Morgan fingerprint density at radius 3 is 2.49 bits per heavy atom. The van der Waals surface area contributed by atoms with E-state index in [-0.39, 0.29) is 29.6 Å². The second-order valence-corrected chi connectivity index (χ2v) is 12.1. The molecule has 16 nitrogen and oxygen atoms in total. The average molecular weight is 672 g/mol. The molecule has 1 N–H and O–H groups in total. The number of nitrogens with one attached hydrogen (secondary N) is 1. The summed E-state index contributed by atoms with van der Waals surface area (Å²) < 4.78 is 49.8. The van der Waals surface area contributed by atoms with Crippen LogP contribution >= 0.6 is 11.8 Å². The molecule has 246 valence electrons. The first-order valence-electron chi connectivity index (χ1n) is 13.5. The van der Waals surface area contributed by atoms with E-state index in [1.165, 1.54) is 50.1 Å². The van der Waals surface area contributed by atoms with E-state index in [1.807, 2.05) is 6.92 Å². The van der Waals surface area contributed by atoms with Crippen molar-refractivity contribution in [3.63, 3.8) is 0 Å². The predicted molar refractivity (Wildman–Crippen MR) is 156 cm³/mol. The van der Waals surface area contributed by atoms with Crippen molar-refractivity contribution in [2.24, 2.45) is 5.16 Å². The number of rotatable bonds is 16. The topological polar surface area (TPSA) is 202 Å². The highest BCUT2D eigenvalue weighted by Gasteiger charge is 2.55.